The summed E-state index contributed by atoms with van der Waals surface area (Å²) in [7, 11) is -2.98. The third-order valence-electron chi connectivity index (χ3n) is 21.2. The second kappa shape index (κ2) is 59.0. The van der Waals surface area contributed by atoms with Gasteiger partial charge in [0.15, 0.2) is 0 Å². The summed E-state index contributed by atoms with van der Waals surface area (Å²) in [5, 5.41) is 12.5. The van der Waals surface area contributed by atoms with Gasteiger partial charge in [0, 0.05) is 14.7 Å². The average Bonchev–Trinajstić information content (AvgIpc) is 0.709. The normalized spacial score (nSPS) is 12.0. The van der Waals surface area contributed by atoms with Gasteiger partial charge in [0.25, 0.3) is 0 Å². The summed E-state index contributed by atoms with van der Waals surface area (Å²) in [5.41, 5.74) is 13.2. The Morgan fingerprint density at radius 3 is 0.516 bits per heavy atom. The lowest BCUT2D eigenvalue weighted by Crippen LogP contribution is -2.22. The molecule has 3 rings (SSSR count). The molecule has 3 aromatic rings. The molecule has 4 heteroatoms. The molecule has 0 fully saturated rings. The zero-order valence-corrected chi connectivity index (χ0v) is 66.0. The molecular weight excluding hydrogens is 1170 g/mol. The van der Waals surface area contributed by atoms with Crippen LogP contribution in [0.1, 0.15) is 459 Å². The average molecular weight is 1330 g/mol. The summed E-state index contributed by atoms with van der Waals surface area (Å²) in [6, 6.07) is 16.2. The molecule has 0 atom stereocenters. The van der Waals surface area contributed by atoms with Crippen LogP contribution in [0.2, 0.25) is 0 Å². The van der Waals surface area contributed by atoms with E-state index in [1.165, 1.54) is 373 Å². The predicted molar refractivity (Wildman–Crippen MR) is 425 cm³/mol. The van der Waals surface area contributed by atoms with Gasteiger partial charge in [-0.15, -0.1) is 0 Å². The van der Waals surface area contributed by atoms with Gasteiger partial charge >= 0.3 is 6.16 Å². The molecule has 0 heterocycles. The Hall–Kier alpha value is -2.72. The molecule has 0 saturated heterocycles. The van der Waals surface area contributed by atoms with E-state index in [9.17, 15) is 5.11 Å². The van der Waals surface area contributed by atoms with Crippen LogP contribution < -0.4 is 0 Å². The lowest BCUT2D eigenvalue weighted by molar-refractivity contribution is 0.150. The third-order valence-corrected chi connectivity index (χ3v) is 24.9. The summed E-state index contributed by atoms with van der Waals surface area (Å²) in [6.45, 7) is 21.1. The van der Waals surface area contributed by atoms with E-state index in [0.29, 0.717) is 0 Å². The molecule has 0 aromatic heterocycles. The summed E-state index contributed by atoms with van der Waals surface area (Å²) >= 11 is 0. The molecule has 0 amide bonds. The van der Waals surface area contributed by atoms with Crippen LogP contribution in [0.4, 0.5) is 4.79 Å². The van der Waals surface area contributed by atoms with Crippen molar-refractivity contribution < 1.29 is 14.1 Å². The van der Waals surface area contributed by atoms with Crippen molar-refractivity contribution in [2.75, 3.05) is 0 Å². The molecule has 0 radical (unpaired) electrons. The number of carboxylic acid groups (broad SMARTS) is 1. The molecule has 0 bridgehead atoms. The Kier molecular flexibility index (Phi) is 53.7. The maximum absolute atomic E-state index is 15.3. The van der Waals surface area contributed by atoms with E-state index >= 15 is 4.79 Å². The minimum Gasteiger partial charge on any atom is -0.449 e. The highest BCUT2D eigenvalue weighted by Gasteiger charge is 2.45. The highest BCUT2D eigenvalue weighted by molar-refractivity contribution is 8.30. The van der Waals surface area contributed by atoms with Crippen LogP contribution in [0.3, 0.4) is 0 Å². The Morgan fingerprint density at radius 2 is 0.368 bits per heavy atom. The van der Waals surface area contributed by atoms with Crippen LogP contribution in [-0.2, 0) is 62.0 Å². The molecule has 0 aliphatic rings. The summed E-state index contributed by atoms with van der Waals surface area (Å²) < 4.78 is 7.92. The van der Waals surface area contributed by atoms with Crippen molar-refractivity contribution in [3.05, 3.63) is 86.5 Å². The molecule has 3 nitrogen and oxygen atoms in total. The van der Waals surface area contributed by atoms with E-state index in [2.05, 4.69) is 98.7 Å². The number of hydrogen-bond acceptors (Lipinski definition) is 2. The van der Waals surface area contributed by atoms with Gasteiger partial charge in [0.1, 0.15) is 0 Å². The first-order valence-electron chi connectivity index (χ1n) is 42.9. The number of unbranched alkanes of at least 4 members (excludes halogenated alkanes) is 45. The van der Waals surface area contributed by atoms with Crippen molar-refractivity contribution in [1.82, 2.24) is 0 Å². The number of carbonyl (C=O) groups is 1. The first-order valence-corrected chi connectivity index (χ1v) is 44.5. The van der Waals surface area contributed by atoms with E-state index < -0.39 is 16.5 Å². The first-order chi connectivity index (χ1) is 46.7. The van der Waals surface area contributed by atoms with Crippen LogP contribution >= 0.6 is 10.3 Å². The zero-order valence-electron chi connectivity index (χ0n) is 65.2. The molecule has 548 valence electrons. The highest BCUT2D eigenvalue weighted by Crippen LogP contribution is 2.75. The van der Waals surface area contributed by atoms with Gasteiger partial charge in [-0.1, -0.05) is 388 Å². The van der Waals surface area contributed by atoms with E-state index in [1.807, 2.05) is 0 Å². The lowest BCUT2D eigenvalue weighted by Gasteiger charge is -2.46. The second-order valence-corrected chi connectivity index (χ2v) is 32.8. The minimum absolute atomic E-state index is 0.984. The van der Waals surface area contributed by atoms with Crippen LogP contribution in [-0.4, -0.2) is 11.3 Å². The van der Waals surface area contributed by atoms with Gasteiger partial charge < -0.3 is 9.29 Å². The SMILES string of the molecule is CCCCCCCCc1cc(CCCCCCCC)c(S(OC(=O)O)(c2c(CCCCCCCC)cc(CCCCCCCC)cc2CCCCCCCC)c2c(CCCCCCCC)cc(CCCCCCCC)cc2CCCCCCCC)c(CCCCCCCC)c1. The number of hydrogen-bond donors (Lipinski definition) is 1. The van der Waals surface area contributed by atoms with Crippen molar-refractivity contribution in [2.24, 2.45) is 0 Å². The number of rotatable bonds is 67. The summed E-state index contributed by atoms with van der Waals surface area (Å²) in [4.78, 5) is 19.4. The van der Waals surface area contributed by atoms with Crippen LogP contribution in [0.5, 0.6) is 0 Å². The number of aryl methyl sites for hydroxylation is 9. The predicted octanol–water partition coefficient (Wildman–Crippen LogP) is 31.7. The summed E-state index contributed by atoms with van der Waals surface area (Å²) in [5.74, 6) is 0. The lowest BCUT2D eigenvalue weighted by atomic mass is 9.94. The molecule has 0 aliphatic carbocycles. The quantitative estimate of drug-likeness (QED) is 0.0573. The fraction of sp³-hybridized carbons (Fsp3) is 0.791. The van der Waals surface area contributed by atoms with Gasteiger partial charge in [0.05, 0.1) is 0 Å². The Morgan fingerprint density at radius 1 is 0.232 bits per heavy atom. The van der Waals surface area contributed by atoms with E-state index in [1.54, 1.807) is 0 Å². The topological polar surface area (TPSA) is 46.5 Å². The van der Waals surface area contributed by atoms with Gasteiger partial charge in [-0.25, -0.2) is 4.79 Å². The third kappa shape index (κ3) is 37.0. The van der Waals surface area contributed by atoms with Crippen LogP contribution in [0.25, 0.3) is 0 Å². The molecule has 0 unspecified atom stereocenters. The largest absolute Gasteiger partial charge is 0.517 e. The van der Waals surface area contributed by atoms with Crippen molar-refractivity contribution in [2.45, 2.75) is 482 Å². The van der Waals surface area contributed by atoms with E-state index in [4.69, 9.17) is 4.18 Å². The van der Waals surface area contributed by atoms with Gasteiger partial charge in [-0.3, -0.25) is 0 Å². The smallest absolute Gasteiger partial charge is 0.449 e. The molecular formula is C91H160O3S. The van der Waals surface area contributed by atoms with Gasteiger partial charge in [-0.05, 0) is 176 Å². The molecule has 0 saturated carbocycles. The first kappa shape index (κ1) is 86.5. The number of benzene rings is 3. The van der Waals surface area contributed by atoms with E-state index in [0.717, 1.165) is 96.3 Å². The van der Waals surface area contributed by atoms with Crippen molar-refractivity contribution in [3.8, 4) is 0 Å². The molecule has 0 aliphatic heterocycles. The van der Waals surface area contributed by atoms with Crippen LogP contribution in [0.15, 0.2) is 51.1 Å². The second-order valence-electron chi connectivity index (χ2n) is 30.3. The molecule has 0 spiro atoms. The maximum Gasteiger partial charge on any atom is 0.517 e. The Labute approximate surface area is 595 Å². The summed E-state index contributed by atoms with van der Waals surface area (Å²) in [6.07, 6.45) is 76.2. The van der Waals surface area contributed by atoms with Crippen molar-refractivity contribution in [1.29, 1.82) is 0 Å². The maximum atomic E-state index is 15.3. The Bertz CT molecular complexity index is 1940. The Balaban J connectivity index is 2.91. The zero-order chi connectivity index (χ0) is 68.5. The monoisotopic (exact) mass is 1330 g/mol. The van der Waals surface area contributed by atoms with E-state index in [-0.39, 0.29) is 0 Å². The van der Waals surface area contributed by atoms with Crippen molar-refractivity contribution in [3.63, 3.8) is 0 Å². The molecule has 1 N–H and O–H groups in total. The fourth-order valence-corrected chi connectivity index (χ4v) is 19.8. The standard InChI is InChI=1S/C91H160O3S/c1-10-19-28-37-46-55-64-79-73-82(67-58-49-40-31-22-13-4)88(83(74-79)68-59-50-41-32-23-14-5)95(94-91(92)93,89-84(69-60-51-42-33-24-15-6)75-80(65-56-47-38-29-20-11-2)76-85(89)70-61-52-43-34-25-16-7)90-86(71-62-53-44-35-26-17-8)77-81(66-57-48-39-30-21-12-3)78-87(90)72-63-54-45-36-27-18-9/h73-78H,10-72H2,1-9H3,(H,92,93). The van der Waals surface area contributed by atoms with Gasteiger partial charge in [0.2, 0.25) is 0 Å². The van der Waals surface area contributed by atoms with Gasteiger partial charge in [-0.2, -0.15) is 0 Å². The highest BCUT2D eigenvalue weighted by atomic mass is 32.3. The molecule has 95 heavy (non-hydrogen) atoms. The molecule has 3 aromatic carbocycles. The fourth-order valence-electron chi connectivity index (χ4n) is 15.6. The van der Waals surface area contributed by atoms with Crippen molar-refractivity contribution >= 4 is 16.5 Å². The minimum atomic E-state index is -2.98. The van der Waals surface area contributed by atoms with Crippen LogP contribution in [0, 0.1) is 0 Å².